The smallest absolute Gasteiger partial charge is 0.239 e. The SMILES string of the molecule is O=C(CN1CCOc2ccccc21)NCC1(c2ccccc2)CC1. The molecule has 1 amide bonds. The Bertz CT molecular complexity index is 725. The minimum Gasteiger partial charge on any atom is -0.490 e. The molecule has 1 aliphatic heterocycles. The van der Waals surface area contributed by atoms with Crippen molar-refractivity contribution in [2.24, 2.45) is 0 Å². The van der Waals surface area contributed by atoms with Crippen LogP contribution in [-0.2, 0) is 10.2 Å². The number of para-hydroxylation sites is 2. The number of hydrogen-bond acceptors (Lipinski definition) is 3. The normalized spacial score (nSPS) is 17.6. The van der Waals surface area contributed by atoms with Crippen LogP contribution in [0.3, 0.4) is 0 Å². The van der Waals surface area contributed by atoms with Crippen molar-refractivity contribution >= 4 is 11.6 Å². The highest BCUT2D eigenvalue weighted by Gasteiger charge is 2.44. The summed E-state index contributed by atoms with van der Waals surface area (Å²) in [7, 11) is 0. The molecule has 1 aliphatic carbocycles. The van der Waals surface area contributed by atoms with Crippen LogP contribution in [0, 0.1) is 0 Å². The van der Waals surface area contributed by atoms with Crippen LogP contribution in [0.15, 0.2) is 54.6 Å². The average Bonchev–Trinajstić information content (AvgIpc) is 3.42. The first-order valence-corrected chi connectivity index (χ1v) is 8.56. The van der Waals surface area contributed by atoms with Gasteiger partial charge in [-0.3, -0.25) is 4.79 Å². The van der Waals surface area contributed by atoms with Gasteiger partial charge in [0.15, 0.2) is 0 Å². The van der Waals surface area contributed by atoms with Crippen LogP contribution in [0.4, 0.5) is 5.69 Å². The summed E-state index contributed by atoms with van der Waals surface area (Å²) >= 11 is 0. The first-order chi connectivity index (χ1) is 11.8. The van der Waals surface area contributed by atoms with E-state index in [4.69, 9.17) is 4.74 Å². The van der Waals surface area contributed by atoms with Crippen molar-refractivity contribution in [1.29, 1.82) is 0 Å². The minimum atomic E-state index is 0.0777. The molecule has 124 valence electrons. The summed E-state index contributed by atoms with van der Waals surface area (Å²) in [4.78, 5) is 14.5. The predicted octanol–water partition coefficient (Wildman–Crippen LogP) is 2.73. The van der Waals surface area contributed by atoms with Crippen molar-refractivity contribution in [2.45, 2.75) is 18.3 Å². The molecule has 4 heteroatoms. The summed E-state index contributed by atoms with van der Waals surface area (Å²) < 4.78 is 5.64. The fraction of sp³-hybridized carbons (Fsp3) is 0.350. The molecule has 1 N–H and O–H groups in total. The monoisotopic (exact) mass is 322 g/mol. The van der Waals surface area contributed by atoms with Crippen molar-refractivity contribution in [3.8, 4) is 5.75 Å². The molecular weight excluding hydrogens is 300 g/mol. The Morgan fingerprint density at radius 2 is 1.83 bits per heavy atom. The van der Waals surface area contributed by atoms with Crippen molar-refractivity contribution in [3.63, 3.8) is 0 Å². The number of rotatable bonds is 5. The highest BCUT2D eigenvalue weighted by atomic mass is 16.5. The molecule has 0 radical (unpaired) electrons. The Labute approximate surface area is 142 Å². The quantitative estimate of drug-likeness (QED) is 0.920. The van der Waals surface area contributed by atoms with Crippen molar-refractivity contribution in [2.75, 3.05) is 31.1 Å². The van der Waals surface area contributed by atoms with Gasteiger partial charge in [0, 0.05) is 12.0 Å². The van der Waals surface area contributed by atoms with Gasteiger partial charge in [0.05, 0.1) is 18.8 Å². The van der Waals surface area contributed by atoms with Gasteiger partial charge in [-0.25, -0.2) is 0 Å². The zero-order valence-electron chi connectivity index (χ0n) is 13.7. The predicted molar refractivity (Wildman–Crippen MR) is 94.5 cm³/mol. The zero-order valence-corrected chi connectivity index (χ0v) is 13.7. The molecule has 2 aliphatic rings. The lowest BCUT2D eigenvalue weighted by atomic mass is 9.96. The van der Waals surface area contributed by atoms with Gasteiger partial charge in [-0.05, 0) is 30.5 Å². The van der Waals surface area contributed by atoms with E-state index < -0.39 is 0 Å². The maximum absolute atomic E-state index is 12.4. The van der Waals surface area contributed by atoms with E-state index in [0.717, 1.165) is 37.4 Å². The Morgan fingerprint density at radius 3 is 2.62 bits per heavy atom. The van der Waals surface area contributed by atoms with Crippen molar-refractivity contribution in [3.05, 3.63) is 60.2 Å². The summed E-state index contributed by atoms with van der Waals surface area (Å²) in [5.74, 6) is 0.938. The van der Waals surface area contributed by atoms with E-state index in [1.807, 2.05) is 30.3 Å². The van der Waals surface area contributed by atoms with E-state index in [-0.39, 0.29) is 11.3 Å². The standard InChI is InChI=1S/C20H22N2O2/c23-19(14-22-12-13-24-18-9-5-4-8-17(18)22)21-15-20(10-11-20)16-6-2-1-3-7-16/h1-9H,10-15H2,(H,21,23). The number of ether oxygens (including phenoxy) is 1. The second-order valence-corrected chi connectivity index (χ2v) is 6.66. The van der Waals surface area contributed by atoms with E-state index in [1.165, 1.54) is 5.56 Å². The number of fused-ring (bicyclic) bond motifs is 1. The number of carbonyl (C=O) groups excluding carboxylic acids is 1. The lowest BCUT2D eigenvalue weighted by Gasteiger charge is -2.30. The van der Waals surface area contributed by atoms with Crippen molar-refractivity contribution in [1.82, 2.24) is 5.32 Å². The number of amides is 1. The number of benzene rings is 2. The molecular formula is C20H22N2O2. The van der Waals surface area contributed by atoms with Crippen LogP contribution in [0.1, 0.15) is 18.4 Å². The van der Waals surface area contributed by atoms with Gasteiger partial charge < -0.3 is 15.0 Å². The molecule has 1 heterocycles. The summed E-state index contributed by atoms with van der Waals surface area (Å²) in [6.45, 7) is 2.47. The van der Waals surface area contributed by atoms with Crippen LogP contribution in [-0.4, -0.2) is 32.1 Å². The van der Waals surface area contributed by atoms with Gasteiger partial charge in [0.2, 0.25) is 5.91 Å². The van der Waals surface area contributed by atoms with E-state index >= 15 is 0 Å². The Morgan fingerprint density at radius 1 is 1.08 bits per heavy atom. The summed E-state index contributed by atoms with van der Waals surface area (Å²) in [6, 6.07) is 18.4. The fourth-order valence-corrected chi connectivity index (χ4v) is 3.40. The molecule has 4 nitrogen and oxygen atoms in total. The molecule has 4 rings (SSSR count). The lowest BCUT2D eigenvalue weighted by molar-refractivity contribution is -0.119. The number of hydrogen-bond donors (Lipinski definition) is 1. The lowest BCUT2D eigenvalue weighted by Crippen LogP contribution is -2.43. The van der Waals surface area contributed by atoms with Crippen molar-refractivity contribution < 1.29 is 9.53 Å². The molecule has 0 unspecified atom stereocenters. The first kappa shape index (κ1) is 15.1. The number of nitrogens with one attached hydrogen (secondary N) is 1. The van der Waals surface area contributed by atoms with E-state index in [1.54, 1.807) is 0 Å². The molecule has 0 saturated heterocycles. The second-order valence-electron chi connectivity index (χ2n) is 6.66. The van der Waals surface area contributed by atoms with Crippen LogP contribution >= 0.6 is 0 Å². The Kier molecular flexibility index (Phi) is 3.89. The fourth-order valence-electron chi connectivity index (χ4n) is 3.40. The van der Waals surface area contributed by atoms with Gasteiger partial charge in [0.1, 0.15) is 12.4 Å². The second kappa shape index (κ2) is 6.19. The molecule has 24 heavy (non-hydrogen) atoms. The highest BCUT2D eigenvalue weighted by Crippen LogP contribution is 2.47. The van der Waals surface area contributed by atoms with Gasteiger partial charge in [-0.2, -0.15) is 0 Å². The first-order valence-electron chi connectivity index (χ1n) is 8.56. The molecule has 1 fully saturated rings. The number of anilines is 1. The molecule has 0 aromatic heterocycles. The molecule has 1 saturated carbocycles. The largest absolute Gasteiger partial charge is 0.490 e. The van der Waals surface area contributed by atoms with Gasteiger partial charge in [-0.15, -0.1) is 0 Å². The molecule has 0 bridgehead atoms. The molecule has 2 aromatic carbocycles. The minimum absolute atomic E-state index is 0.0777. The molecule has 0 atom stereocenters. The van der Waals surface area contributed by atoms with E-state index in [0.29, 0.717) is 13.2 Å². The molecule has 2 aromatic rings. The third-order valence-electron chi connectivity index (χ3n) is 5.02. The van der Waals surface area contributed by atoms with E-state index in [2.05, 4.69) is 34.5 Å². The number of carbonyl (C=O) groups is 1. The summed E-state index contributed by atoms with van der Waals surface area (Å²) in [5, 5.41) is 3.14. The number of nitrogens with zero attached hydrogens (tertiary/aromatic N) is 1. The van der Waals surface area contributed by atoms with Crippen LogP contribution < -0.4 is 15.0 Å². The Balaban J connectivity index is 1.37. The molecule has 0 spiro atoms. The van der Waals surface area contributed by atoms with Gasteiger partial charge >= 0.3 is 0 Å². The summed E-state index contributed by atoms with van der Waals surface area (Å²) in [5.41, 5.74) is 2.49. The topological polar surface area (TPSA) is 41.6 Å². The maximum atomic E-state index is 12.4. The third-order valence-corrected chi connectivity index (χ3v) is 5.02. The summed E-state index contributed by atoms with van der Waals surface area (Å²) in [6.07, 6.45) is 2.30. The van der Waals surface area contributed by atoms with Gasteiger partial charge in [0.25, 0.3) is 0 Å². The Hall–Kier alpha value is -2.49. The van der Waals surface area contributed by atoms with Crippen LogP contribution in [0.25, 0.3) is 0 Å². The zero-order chi connectivity index (χ0) is 16.4. The van der Waals surface area contributed by atoms with E-state index in [9.17, 15) is 4.79 Å². The average molecular weight is 322 g/mol. The van der Waals surface area contributed by atoms with Gasteiger partial charge in [-0.1, -0.05) is 42.5 Å². The third kappa shape index (κ3) is 2.96. The van der Waals surface area contributed by atoms with Crippen LogP contribution in [0.5, 0.6) is 5.75 Å². The maximum Gasteiger partial charge on any atom is 0.239 e. The highest BCUT2D eigenvalue weighted by molar-refractivity contribution is 5.82. The van der Waals surface area contributed by atoms with Crippen LogP contribution in [0.2, 0.25) is 0 Å².